The number of hydrogen-bond donors (Lipinski definition) is 2. The van der Waals surface area contributed by atoms with E-state index in [2.05, 4.69) is 10.3 Å². The highest BCUT2D eigenvalue weighted by Gasteiger charge is 2.30. The van der Waals surface area contributed by atoms with Crippen molar-refractivity contribution in [3.8, 4) is 17.2 Å². The molecule has 0 saturated carbocycles. The summed E-state index contributed by atoms with van der Waals surface area (Å²) in [6.45, 7) is 0.520. The minimum absolute atomic E-state index is 0.0373. The number of carbonyl (C=O) groups is 1. The Kier molecular flexibility index (Phi) is 6.86. The lowest BCUT2D eigenvalue weighted by Gasteiger charge is -2.06. The zero-order valence-electron chi connectivity index (χ0n) is 18.2. The van der Waals surface area contributed by atoms with Crippen LogP contribution in [0.4, 0.5) is 13.2 Å². The van der Waals surface area contributed by atoms with Crippen molar-refractivity contribution < 1.29 is 27.5 Å². The Morgan fingerprint density at radius 2 is 1.74 bits per heavy atom. The number of oxazole rings is 1. The van der Waals surface area contributed by atoms with Crippen molar-refractivity contribution in [2.45, 2.75) is 31.9 Å². The van der Waals surface area contributed by atoms with Gasteiger partial charge in [-0.1, -0.05) is 24.6 Å². The molecule has 0 aliphatic heterocycles. The van der Waals surface area contributed by atoms with Gasteiger partial charge in [-0.25, -0.2) is 4.98 Å². The van der Waals surface area contributed by atoms with E-state index in [1.807, 2.05) is 18.2 Å². The van der Waals surface area contributed by atoms with Crippen LogP contribution in [0.1, 0.15) is 40.7 Å². The van der Waals surface area contributed by atoms with Crippen molar-refractivity contribution in [2.24, 2.45) is 0 Å². The van der Waals surface area contributed by atoms with Crippen molar-refractivity contribution >= 4 is 17.0 Å². The van der Waals surface area contributed by atoms with Gasteiger partial charge in [0.1, 0.15) is 11.3 Å². The van der Waals surface area contributed by atoms with Crippen LogP contribution >= 0.6 is 0 Å². The number of carbonyl (C=O) groups excluding carboxylic acids is 1. The molecule has 1 aromatic heterocycles. The molecule has 34 heavy (non-hydrogen) atoms. The van der Waals surface area contributed by atoms with E-state index in [0.717, 1.165) is 43.4 Å². The average molecular weight is 468 g/mol. The van der Waals surface area contributed by atoms with Gasteiger partial charge in [0, 0.05) is 12.1 Å². The first kappa shape index (κ1) is 23.4. The molecular formula is C26H23F3N2O3. The van der Waals surface area contributed by atoms with E-state index in [1.54, 1.807) is 18.2 Å². The Labute approximate surface area is 194 Å². The maximum atomic E-state index is 12.8. The first-order valence-electron chi connectivity index (χ1n) is 10.9. The molecule has 1 amide bonds. The zero-order valence-corrected chi connectivity index (χ0v) is 18.2. The van der Waals surface area contributed by atoms with E-state index >= 15 is 0 Å². The number of aromatic nitrogens is 1. The summed E-state index contributed by atoms with van der Waals surface area (Å²) in [4.78, 5) is 16.5. The number of aromatic hydroxyl groups is 1. The molecule has 0 radical (unpaired) electrons. The summed E-state index contributed by atoms with van der Waals surface area (Å²) < 4.78 is 44.0. The van der Waals surface area contributed by atoms with Crippen LogP contribution in [-0.4, -0.2) is 22.5 Å². The highest BCUT2D eigenvalue weighted by atomic mass is 19.4. The predicted molar refractivity (Wildman–Crippen MR) is 122 cm³/mol. The topological polar surface area (TPSA) is 75.4 Å². The average Bonchev–Trinajstić information content (AvgIpc) is 3.24. The van der Waals surface area contributed by atoms with Crippen LogP contribution in [0.15, 0.2) is 71.1 Å². The summed E-state index contributed by atoms with van der Waals surface area (Å²) in [5.74, 6) is -0.0516. The number of alkyl halides is 3. The van der Waals surface area contributed by atoms with E-state index in [0.29, 0.717) is 23.2 Å². The minimum atomic E-state index is -4.38. The molecule has 0 aliphatic carbocycles. The molecular weight excluding hydrogens is 445 g/mol. The summed E-state index contributed by atoms with van der Waals surface area (Å²) in [5, 5.41) is 12.5. The number of nitrogens with one attached hydrogen (secondary N) is 1. The number of unbranched alkanes of at least 4 members (excludes halogenated alkanes) is 2. The number of fused-ring (bicyclic) bond motifs is 1. The van der Waals surface area contributed by atoms with Gasteiger partial charge in [0.05, 0.1) is 11.1 Å². The van der Waals surface area contributed by atoms with Crippen LogP contribution in [0, 0.1) is 0 Å². The number of amides is 1. The van der Waals surface area contributed by atoms with Crippen LogP contribution in [0.5, 0.6) is 5.75 Å². The summed E-state index contributed by atoms with van der Waals surface area (Å²) in [7, 11) is 0. The van der Waals surface area contributed by atoms with Gasteiger partial charge in [-0.3, -0.25) is 4.79 Å². The maximum absolute atomic E-state index is 12.8. The number of para-hydroxylation sites is 1. The summed E-state index contributed by atoms with van der Waals surface area (Å²) in [5.41, 5.74) is 2.34. The lowest BCUT2D eigenvalue weighted by Crippen LogP contribution is -2.24. The van der Waals surface area contributed by atoms with Crippen molar-refractivity contribution in [1.29, 1.82) is 0 Å². The first-order chi connectivity index (χ1) is 16.3. The highest BCUT2D eigenvalue weighted by molar-refractivity contribution is 5.96. The lowest BCUT2D eigenvalue weighted by atomic mass is 10.1. The number of nitrogens with zero attached hydrogens (tertiary/aromatic N) is 1. The lowest BCUT2D eigenvalue weighted by molar-refractivity contribution is -0.137. The molecule has 2 N–H and O–H groups in total. The summed E-state index contributed by atoms with van der Waals surface area (Å²) in [6.07, 6.45) is -0.920. The number of phenols is 1. The molecule has 0 saturated heterocycles. The number of rotatable bonds is 8. The van der Waals surface area contributed by atoms with Gasteiger partial charge in [-0.2, -0.15) is 13.2 Å². The molecule has 4 rings (SSSR count). The Morgan fingerprint density at radius 3 is 2.47 bits per heavy atom. The monoisotopic (exact) mass is 468 g/mol. The van der Waals surface area contributed by atoms with Crippen LogP contribution in [0.3, 0.4) is 0 Å². The molecule has 0 bridgehead atoms. The Bertz CT molecular complexity index is 1280. The molecule has 0 fully saturated rings. The fourth-order valence-electron chi connectivity index (χ4n) is 3.65. The molecule has 0 unspecified atom stereocenters. The fourth-order valence-corrected chi connectivity index (χ4v) is 3.65. The second-order valence-corrected chi connectivity index (χ2v) is 7.98. The standard InChI is InChI=1S/C26H23F3N2O3/c27-26(28,29)19-12-10-18(11-13-19)25-31-21-16-17(9-14-23(21)34-25)6-2-1-5-15-30-24(33)20-7-3-4-8-22(20)32/h3-4,7-14,16,32H,1-2,5-6,15H2,(H,30,33). The Hall–Kier alpha value is -3.81. The molecule has 0 aliphatic rings. The summed E-state index contributed by atoms with van der Waals surface area (Å²) >= 11 is 0. The van der Waals surface area contributed by atoms with Gasteiger partial charge < -0.3 is 14.8 Å². The van der Waals surface area contributed by atoms with Gasteiger partial charge in [0.25, 0.3) is 5.91 Å². The SMILES string of the molecule is O=C(NCCCCCc1ccc2oc(-c3ccc(C(F)(F)F)cc3)nc2c1)c1ccccc1O. The van der Waals surface area contributed by atoms with E-state index in [4.69, 9.17) is 4.42 Å². The number of benzene rings is 3. The fraction of sp³-hybridized carbons (Fsp3) is 0.231. The van der Waals surface area contributed by atoms with E-state index in [-0.39, 0.29) is 23.1 Å². The molecule has 4 aromatic rings. The molecule has 0 atom stereocenters. The number of halogens is 3. The minimum Gasteiger partial charge on any atom is -0.507 e. The number of aryl methyl sites for hydroxylation is 1. The number of hydrogen-bond acceptors (Lipinski definition) is 4. The number of phenolic OH excluding ortho intramolecular Hbond substituents is 1. The Morgan fingerprint density at radius 1 is 0.971 bits per heavy atom. The molecule has 5 nitrogen and oxygen atoms in total. The van der Waals surface area contributed by atoms with Crippen LogP contribution < -0.4 is 5.32 Å². The van der Waals surface area contributed by atoms with E-state index in [9.17, 15) is 23.1 Å². The Balaban J connectivity index is 1.27. The third-order valence-corrected chi connectivity index (χ3v) is 5.49. The normalized spacial score (nSPS) is 11.6. The molecule has 176 valence electrons. The predicted octanol–water partition coefficient (Wildman–Crippen LogP) is 6.36. The third-order valence-electron chi connectivity index (χ3n) is 5.49. The van der Waals surface area contributed by atoms with Gasteiger partial charge in [-0.15, -0.1) is 0 Å². The van der Waals surface area contributed by atoms with Gasteiger partial charge in [0.2, 0.25) is 5.89 Å². The highest BCUT2D eigenvalue weighted by Crippen LogP contribution is 2.31. The van der Waals surface area contributed by atoms with Crippen molar-refractivity contribution in [3.05, 3.63) is 83.4 Å². The van der Waals surface area contributed by atoms with Crippen LogP contribution in [0.2, 0.25) is 0 Å². The molecule has 8 heteroatoms. The van der Waals surface area contributed by atoms with Gasteiger partial charge in [0.15, 0.2) is 5.58 Å². The molecule has 1 heterocycles. The smallest absolute Gasteiger partial charge is 0.416 e. The van der Waals surface area contributed by atoms with Crippen molar-refractivity contribution in [3.63, 3.8) is 0 Å². The largest absolute Gasteiger partial charge is 0.507 e. The van der Waals surface area contributed by atoms with E-state index < -0.39 is 11.7 Å². The quantitative estimate of drug-likeness (QED) is 0.295. The zero-order chi connectivity index (χ0) is 24.1. The molecule has 3 aromatic carbocycles. The van der Waals surface area contributed by atoms with E-state index in [1.165, 1.54) is 18.2 Å². The second kappa shape index (κ2) is 9.99. The second-order valence-electron chi connectivity index (χ2n) is 7.98. The van der Waals surface area contributed by atoms with Crippen LogP contribution in [-0.2, 0) is 12.6 Å². The van der Waals surface area contributed by atoms with Crippen molar-refractivity contribution in [2.75, 3.05) is 6.54 Å². The van der Waals surface area contributed by atoms with Crippen LogP contribution in [0.25, 0.3) is 22.6 Å². The summed E-state index contributed by atoms with van der Waals surface area (Å²) in [6, 6.07) is 16.8. The molecule has 0 spiro atoms. The van der Waals surface area contributed by atoms with Gasteiger partial charge in [-0.05, 0) is 73.4 Å². The van der Waals surface area contributed by atoms with Crippen molar-refractivity contribution in [1.82, 2.24) is 10.3 Å². The van der Waals surface area contributed by atoms with Gasteiger partial charge >= 0.3 is 6.18 Å². The third kappa shape index (κ3) is 5.57. The first-order valence-corrected chi connectivity index (χ1v) is 10.9. The maximum Gasteiger partial charge on any atom is 0.416 e.